The third-order valence-electron chi connectivity index (χ3n) is 2.48. The number of rotatable bonds is 4. The lowest BCUT2D eigenvalue weighted by Crippen LogP contribution is -2.28. The Bertz CT molecular complexity index is 392. The molecule has 86 valence electrons. The lowest BCUT2D eigenvalue weighted by Gasteiger charge is -2.21. The molecule has 0 atom stereocenters. The van der Waals surface area contributed by atoms with Crippen LogP contribution < -0.4 is 10.6 Å². The minimum Gasteiger partial charge on any atom is -0.398 e. The average molecular weight is 218 g/mol. The fourth-order valence-corrected chi connectivity index (χ4v) is 1.36. The number of nitriles is 1. The van der Waals surface area contributed by atoms with Gasteiger partial charge in [0.15, 0.2) is 0 Å². The highest BCUT2D eigenvalue weighted by Crippen LogP contribution is 2.19. The molecule has 0 spiro atoms. The molecule has 0 heterocycles. The molecular weight excluding hydrogens is 200 g/mol. The Morgan fingerprint density at radius 2 is 1.94 bits per heavy atom. The van der Waals surface area contributed by atoms with Crippen molar-refractivity contribution in [2.45, 2.75) is 0 Å². The average Bonchev–Trinajstić information content (AvgIpc) is 2.26. The van der Waals surface area contributed by atoms with Gasteiger partial charge in [-0.05, 0) is 32.3 Å². The van der Waals surface area contributed by atoms with Crippen LogP contribution in [0.2, 0.25) is 0 Å². The van der Waals surface area contributed by atoms with E-state index in [4.69, 9.17) is 11.0 Å². The van der Waals surface area contributed by atoms with E-state index in [-0.39, 0.29) is 0 Å². The predicted molar refractivity (Wildman–Crippen MR) is 67.4 cm³/mol. The van der Waals surface area contributed by atoms with E-state index in [1.807, 2.05) is 33.3 Å². The van der Waals surface area contributed by atoms with Crippen molar-refractivity contribution in [1.82, 2.24) is 4.90 Å². The minimum atomic E-state index is 0.534. The number of nitrogens with zero attached hydrogens (tertiary/aromatic N) is 3. The van der Waals surface area contributed by atoms with E-state index in [1.165, 1.54) is 0 Å². The predicted octanol–water partition coefficient (Wildman–Crippen LogP) is 1.14. The Morgan fingerprint density at radius 1 is 1.25 bits per heavy atom. The summed E-state index contributed by atoms with van der Waals surface area (Å²) in [5.41, 5.74) is 7.76. The van der Waals surface area contributed by atoms with Crippen molar-refractivity contribution in [3.05, 3.63) is 23.8 Å². The van der Waals surface area contributed by atoms with Gasteiger partial charge in [0.25, 0.3) is 0 Å². The number of likely N-dealkylation sites (N-methyl/N-ethyl adjacent to an activating group) is 2. The van der Waals surface area contributed by atoms with E-state index >= 15 is 0 Å². The van der Waals surface area contributed by atoms with Crippen LogP contribution in [0.25, 0.3) is 0 Å². The monoisotopic (exact) mass is 218 g/mol. The van der Waals surface area contributed by atoms with Gasteiger partial charge in [-0.3, -0.25) is 0 Å². The van der Waals surface area contributed by atoms with Gasteiger partial charge in [0.05, 0.1) is 5.56 Å². The molecule has 0 aliphatic heterocycles. The fourth-order valence-electron chi connectivity index (χ4n) is 1.36. The molecule has 1 aromatic rings. The summed E-state index contributed by atoms with van der Waals surface area (Å²) in [4.78, 5) is 4.24. The van der Waals surface area contributed by atoms with Crippen molar-refractivity contribution >= 4 is 11.4 Å². The van der Waals surface area contributed by atoms with Gasteiger partial charge in [0, 0.05) is 31.5 Å². The van der Waals surface area contributed by atoms with Gasteiger partial charge in [0.2, 0.25) is 0 Å². The Hall–Kier alpha value is -1.73. The SMILES string of the molecule is CN(C)CCN(C)c1ccc(N)c(C#N)c1. The smallest absolute Gasteiger partial charge is 0.101 e. The van der Waals surface area contributed by atoms with Crippen LogP contribution in [0.5, 0.6) is 0 Å². The van der Waals surface area contributed by atoms with Crippen molar-refractivity contribution in [2.75, 3.05) is 44.9 Å². The second-order valence-electron chi connectivity index (χ2n) is 4.11. The zero-order valence-corrected chi connectivity index (χ0v) is 10.1. The summed E-state index contributed by atoms with van der Waals surface area (Å²) < 4.78 is 0. The summed E-state index contributed by atoms with van der Waals surface area (Å²) in [5.74, 6) is 0. The Labute approximate surface area is 96.9 Å². The van der Waals surface area contributed by atoms with Gasteiger partial charge in [-0.15, -0.1) is 0 Å². The van der Waals surface area contributed by atoms with Crippen LogP contribution in [0.4, 0.5) is 11.4 Å². The van der Waals surface area contributed by atoms with Gasteiger partial charge < -0.3 is 15.5 Å². The van der Waals surface area contributed by atoms with E-state index in [2.05, 4.69) is 15.9 Å². The van der Waals surface area contributed by atoms with Crippen molar-refractivity contribution in [3.63, 3.8) is 0 Å². The van der Waals surface area contributed by atoms with E-state index in [9.17, 15) is 0 Å². The standard InChI is InChI=1S/C12H18N4/c1-15(2)6-7-16(3)11-4-5-12(14)10(8-11)9-13/h4-5,8H,6-7,14H2,1-3H3. The zero-order chi connectivity index (χ0) is 12.1. The summed E-state index contributed by atoms with van der Waals surface area (Å²) in [5, 5.41) is 8.89. The van der Waals surface area contributed by atoms with Crippen LogP contribution in [0.15, 0.2) is 18.2 Å². The number of nitrogen functional groups attached to an aromatic ring is 1. The molecule has 0 saturated heterocycles. The van der Waals surface area contributed by atoms with Crippen LogP contribution in [0.3, 0.4) is 0 Å². The van der Waals surface area contributed by atoms with Crippen LogP contribution in [0.1, 0.15) is 5.56 Å². The molecule has 0 aliphatic carbocycles. The number of hydrogen-bond donors (Lipinski definition) is 1. The first-order chi connectivity index (χ1) is 7.54. The lowest BCUT2D eigenvalue weighted by molar-refractivity contribution is 0.416. The molecule has 2 N–H and O–H groups in total. The first-order valence-corrected chi connectivity index (χ1v) is 5.20. The number of anilines is 2. The molecule has 1 aromatic carbocycles. The molecular formula is C12H18N4. The van der Waals surface area contributed by atoms with Gasteiger partial charge in [-0.25, -0.2) is 0 Å². The highest BCUT2D eigenvalue weighted by Gasteiger charge is 2.04. The number of nitrogens with two attached hydrogens (primary N) is 1. The second kappa shape index (κ2) is 5.38. The third kappa shape index (κ3) is 3.14. The molecule has 4 heteroatoms. The molecule has 16 heavy (non-hydrogen) atoms. The topological polar surface area (TPSA) is 56.3 Å². The van der Waals surface area contributed by atoms with Crippen molar-refractivity contribution in [1.29, 1.82) is 5.26 Å². The Kier molecular flexibility index (Phi) is 4.15. The molecule has 4 nitrogen and oxygen atoms in total. The first-order valence-electron chi connectivity index (χ1n) is 5.20. The molecule has 0 aliphatic rings. The van der Waals surface area contributed by atoms with E-state index in [0.717, 1.165) is 18.8 Å². The molecule has 0 fully saturated rings. The highest BCUT2D eigenvalue weighted by atomic mass is 15.1. The minimum absolute atomic E-state index is 0.534. The molecule has 0 unspecified atom stereocenters. The number of hydrogen-bond acceptors (Lipinski definition) is 4. The summed E-state index contributed by atoms with van der Waals surface area (Å²) in [7, 11) is 6.09. The van der Waals surface area contributed by atoms with Crippen molar-refractivity contribution in [3.8, 4) is 6.07 Å². The normalized spacial score (nSPS) is 10.2. The molecule has 0 bridgehead atoms. The summed E-state index contributed by atoms with van der Waals surface area (Å²) in [6, 6.07) is 7.63. The van der Waals surface area contributed by atoms with E-state index in [0.29, 0.717) is 11.3 Å². The van der Waals surface area contributed by atoms with Crippen LogP contribution >= 0.6 is 0 Å². The largest absolute Gasteiger partial charge is 0.398 e. The van der Waals surface area contributed by atoms with Crippen LogP contribution in [-0.2, 0) is 0 Å². The van der Waals surface area contributed by atoms with Gasteiger partial charge in [-0.2, -0.15) is 5.26 Å². The third-order valence-corrected chi connectivity index (χ3v) is 2.48. The lowest BCUT2D eigenvalue weighted by atomic mass is 10.1. The van der Waals surface area contributed by atoms with Crippen molar-refractivity contribution < 1.29 is 0 Å². The van der Waals surface area contributed by atoms with Gasteiger partial charge in [0.1, 0.15) is 6.07 Å². The summed E-state index contributed by atoms with van der Waals surface area (Å²) in [6.45, 7) is 1.89. The fraction of sp³-hybridized carbons (Fsp3) is 0.417. The molecule has 0 saturated carbocycles. The summed E-state index contributed by atoms with van der Waals surface area (Å²) >= 11 is 0. The zero-order valence-electron chi connectivity index (χ0n) is 10.1. The molecule has 0 radical (unpaired) electrons. The highest BCUT2D eigenvalue weighted by molar-refractivity contribution is 5.62. The van der Waals surface area contributed by atoms with Crippen LogP contribution in [-0.4, -0.2) is 39.1 Å². The van der Waals surface area contributed by atoms with Gasteiger partial charge >= 0.3 is 0 Å². The van der Waals surface area contributed by atoms with Crippen LogP contribution in [0, 0.1) is 11.3 Å². The summed E-state index contributed by atoms with van der Waals surface area (Å²) in [6.07, 6.45) is 0. The second-order valence-corrected chi connectivity index (χ2v) is 4.11. The number of benzene rings is 1. The van der Waals surface area contributed by atoms with Gasteiger partial charge in [-0.1, -0.05) is 0 Å². The Balaban J connectivity index is 2.77. The maximum absolute atomic E-state index is 8.89. The maximum atomic E-state index is 8.89. The van der Waals surface area contributed by atoms with Crippen molar-refractivity contribution in [2.24, 2.45) is 0 Å². The van der Waals surface area contributed by atoms with E-state index < -0.39 is 0 Å². The van der Waals surface area contributed by atoms with E-state index in [1.54, 1.807) is 6.07 Å². The first kappa shape index (κ1) is 12.3. The molecule has 0 amide bonds. The maximum Gasteiger partial charge on any atom is 0.101 e. The molecule has 1 rings (SSSR count). The molecule has 0 aromatic heterocycles. The quantitative estimate of drug-likeness (QED) is 0.770. The Morgan fingerprint density at radius 3 is 2.50 bits per heavy atom.